The van der Waals surface area contributed by atoms with Gasteiger partial charge in [0.05, 0.1) is 5.60 Å². The van der Waals surface area contributed by atoms with Crippen LogP contribution < -0.4 is 0 Å². The second-order valence-electron chi connectivity index (χ2n) is 4.81. The molecule has 1 aromatic carbocycles. The minimum Gasteiger partial charge on any atom is -0.389 e. The zero-order valence-electron chi connectivity index (χ0n) is 9.73. The van der Waals surface area contributed by atoms with Gasteiger partial charge in [-0.1, -0.05) is 49.2 Å². The summed E-state index contributed by atoms with van der Waals surface area (Å²) in [6, 6.07) is 10.4. The van der Waals surface area contributed by atoms with Gasteiger partial charge in [0.2, 0.25) is 0 Å². The fourth-order valence-electron chi connectivity index (χ4n) is 2.88. The monoisotopic (exact) mass is 216 g/mol. The summed E-state index contributed by atoms with van der Waals surface area (Å²) in [6.45, 7) is 3.77. The number of benzene rings is 1. The van der Waals surface area contributed by atoms with Gasteiger partial charge < -0.3 is 5.11 Å². The average Bonchev–Trinajstić information content (AvgIpc) is 2.31. The van der Waals surface area contributed by atoms with E-state index in [0.29, 0.717) is 6.42 Å². The first-order valence-corrected chi connectivity index (χ1v) is 6.14. The Morgan fingerprint density at radius 2 is 2.06 bits per heavy atom. The van der Waals surface area contributed by atoms with Gasteiger partial charge in [-0.25, -0.2) is 0 Å². The zero-order chi connectivity index (χ0) is 11.4. The molecule has 0 aliphatic heterocycles. The second kappa shape index (κ2) is 4.84. The van der Waals surface area contributed by atoms with Crippen LogP contribution in [0.15, 0.2) is 43.0 Å². The van der Waals surface area contributed by atoms with Crippen LogP contribution in [0.4, 0.5) is 0 Å². The summed E-state index contributed by atoms with van der Waals surface area (Å²) in [7, 11) is 0. The van der Waals surface area contributed by atoms with Crippen LogP contribution in [0.25, 0.3) is 0 Å². The van der Waals surface area contributed by atoms with Gasteiger partial charge in [0.15, 0.2) is 0 Å². The second-order valence-corrected chi connectivity index (χ2v) is 4.81. The molecule has 0 spiro atoms. The van der Waals surface area contributed by atoms with E-state index in [9.17, 15) is 5.11 Å². The highest BCUT2D eigenvalue weighted by Gasteiger charge is 2.38. The largest absolute Gasteiger partial charge is 0.389 e. The first kappa shape index (κ1) is 11.4. The maximum absolute atomic E-state index is 10.7. The number of aliphatic hydroxyl groups is 1. The number of hydrogen-bond acceptors (Lipinski definition) is 1. The summed E-state index contributed by atoms with van der Waals surface area (Å²) in [5.41, 5.74) is 0.702. The van der Waals surface area contributed by atoms with E-state index in [-0.39, 0.29) is 5.92 Å². The summed E-state index contributed by atoms with van der Waals surface area (Å²) in [5, 5.41) is 10.7. The van der Waals surface area contributed by atoms with Crippen molar-refractivity contribution < 1.29 is 5.11 Å². The summed E-state index contributed by atoms with van der Waals surface area (Å²) in [5.74, 6) is 0.278. The summed E-state index contributed by atoms with van der Waals surface area (Å²) in [6.07, 6.45) is 6.90. The molecule has 2 atom stereocenters. The van der Waals surface area contributed by atoms with E-state index in [4.69, 9.17) is 0 Å². The highest BCUT2D eigenvalue weighted by molar-refractivity contribution is 5.24. The fourth-order valence-corrected chi connectivity index (χ4v) is 2.88. The molecule has 0 unspecified atom stereocenters. The lowest BCUT2D eigenvalue weighted by molar-refractivity contribution is -0.0142. The molecule has 0 radical (unpaired) electrons. The zero-order valence-corrected chi connectivity index (χ0v) is 9.73. The van der Waals surface area contributed by atoms with Crippen LogP contribution in [0, 0.1) is 0 Å². The molecule has 1 heteroatoms. The van der Waals surface area contributed by atoms with Crippen molar-refractivity contribution in [1.29, 1.82) is 0 Å². The van der Waals surface area contributed by atoms with Crippen LogP contribution in [0.3, 0.4) is 0 Å². The van der Waals surface area contributed by atoms with E-state index in [0.717, 1.165) is 19.3 Å². The molecule has 86 valence electrons. The van der Waals surface area contributed by atoms with Gasteiger partial charge >= 0.3 is 0 Å². The molecule has 0 saturated heterocycles. The molecule has 1 N–H and O–H groups in total. The number of rotatable bonds is 3. The molecule has 16 heavy (non-hydrogen) atoms. The third-order valence-electron chi connectivity index (χ3n) is 3.70. The molecular weight excluding hydrogens is 196 g/mol. The standard InChI is InChI=1S/C15H20O/c1-2-11-15(16)12-7-6-10-14(15)13-8-4-3-5-9-13/h2-5,8-9,14,16H,1,6-7,10-12H2/t14-,15-/m1/s1. The molecule has 0 amide bonds. The van der Waals surface area contributed by atoms with Crippen molar-refractivity contribution in [2.24, 2.45) is 0 Å². The van der Waals surface area contributed by atoms with Gasteiger partial charge in [0.25, 0.3) is 0 Å². The Morgan fingerprint density at radius 1 is 1.31 bits per heavy atom. The van der Waals surface area contributed by atoms with Gasteiger partial charge in [-0.2, -0.15) is 0 Å². The van der Waals surface area contributed by atoms with E-state index in [1.807, 2.05) is 12.1 Å². The molecule has 1 fully saturated rings. The molecule has 0 heterocycles. The van der Waals surface area contributed by atoms with Crippen molar-refractivity contribution in [1.82, 2.24) is 0 Å². The third-order valence-corrected chi connectivity index (χ3v) is 3.70. The molecule has 1 saturated carbocycles. The predicted molar refractivity (Wildman–Crippen MR) is 67.4 cm³/mol. The first-order chi connectivity index (χ1) is 7.76. The van der Waals surface area contributed by atoms with E-state index >= 15 is 0 Å². The maximum Gasteiger partial charge on any atom is 0.0750 e. The minimum absolute atomic E-state index is 0.278. The molecule has 1 aliphatic rings. The smallest absolute Gasteiger partial charge is 0.0750 e. The van der Waals surface area contributed by atoms with E-state index in [2.05, 4.69) is 30.8 Å². The van der Waals surface area contributed by atoms with Crippen LogP contribution in [-0.4, -0.2) is 10.7 Å². The summed E-state index contributed by atoms with van der Waals surface area (Å²) >= 11 is 0. The van der Waals surface area contributed by atoms with Gasteiger partial charge in [-0.3, -0.25) is 0 Å². The lowest BCUT2D eigenvalue weighted by Gasteiger charge is -2.40. The Labute approximate surface area is 97.8 Å². The quantitative estimate of drug-likeness (QED) is 0.765. The minimum atomic E-state index is -0.568. The van der Waals surface area contributed by atoms with Gasteiger partial charge in [-0.05, 0) is 24.8 Å². The van der Waals surface area contributed by atoms with Crippen LogP contribution >= 0.6 is 0 Å². The Morgan fingerprint density at radius 3 is 2.75 bits per heavy atom. The van der Waals surface area contributed by atoms with Gasteiger partial charge in [0.1, 0.15) is 0 Å². The van der Waals surface area contributed by atoms with Gasteiger partial charge in [-0.15, -0.1) is 6.58 Å². The third kappa shape index (κ3) is 2.19. The topological polar surface area (TPSA) is 20.2 Å². The molecule has 1 nitrogen and oxygen atoms in total. The molecule has 0 aromatic heterocycles. The molecular formula is C15H20O. The molecule has 0 bridgehead atoms. The Bertz CT molecular complexity index is 344. The van der Waals surface area contributed by atoms with Crippen LogP contribution in [0.5, 0.6) is 0 Å². The van der Waals surface area contributed by atoms with E-state index in [1.165, 1.54) is 12.0 Å². The van der Waals surface area contributed by atoms with Crippen LogP contribution in [0.1, 0.15) is 43.6 Å². The highest BCUT2D eigenvalue weighted by Crippen LogP contribution is 2.42. The van der Waals surface area contributed by atoms with Crippen molar-refractivity contribution in [2.75, 3.05) is 0 Å². The fraction of sp³-hybridized carbons (Fsp3) is 0.467. The Balaban J connectivity index is 2.26. The summed E-state index contributed by atoms with van der Waals surface area (Å²) < 4.78 is 0. The Hall–Kier alpha value is -1.08. The van der Waals surface area contributed by atoms with Gasteiger partial charge in [0, 0.05) is 5.92 Å². The van der Waals surface area contributed by atoms with Crippen molar-refractivity contribution in [3.8, 4) is 0 Å². The van der Waals surface area contributed by atoms with Crippen LogP contribution in [0.2, 0.25) is 0 Å². The first-order valence-electron chi connectivity index (χ1n) is 6.14. The van der Waals surface area contributed by atoms with E-state index < -0.39 is 5.60 Å². The predicted octanol–water partition coefficient (Wildman–Crippen LogP) is 3.65. The average molecular weight is 216 g/mol. The highest BCUT2D eigenvalue weighted by atomic mass is 16.3. The number of hydrogen-bond donors (Lipinski definition) is 1. The maximum atomic E-state index is 10.7. The Kier molecular flexibility index (Phi) is 3.45. The summed E-state index contributed by atoms with van der Waals surface area (Å²) in [4.78, 5) is 0. The SMILES string of the molecule is C=CC[C@@]1(O)CCCC[C@@H]1c1ccccc1. The lowest BCUT2D eigenvalue weighted by atomic mass is 9.70. The van der Waals surface area contributed by atoms with Crippen LogP contribution in [-0.2, 0) is 0 Å². The van der Waals surface area contributed by atoms with Crippen molar-refractivity contribution >= 4 is 0 Å². The van der Waals surface area contributed by atoms with Crippen molar-refractivity contribution in [2.45, 2.75) is 43.6 Å². The molecule has 2 rings (SSSR count). The van der Waals surface area contributed by atoms with E-state index in [1.54, 1.807) is 0 Å². The van der Waals surface area contributed by atoms with Crippen molar-refractivity contribution in [3.63, 3.8) is 0 Å². The van der Waals surface area contributed by atoms with Crippen molar-refractivity contribution in [3.05, 3.63) is 48.6 Å². The normalized spacial score (nSPS) is 29.9. The molecule has 1 aliphatic carbocycles. The lowest BCUT2D eigenvalue weighted by Crippen LogP contribution is -2.38. The molecule has 1 aromatic rings.